The van der Waals surface area contributed by atoms with Crippen LogP contribution in [0.1, 0.15) is 30.8 Å². The molecule has 1 amide bonds. The lowest BCUT2D eigenvalue weighted by atomic mass is 10.1. The maximum atomic E-state index is 12.0. The van der Waals surface area contributed by atoms with Gasteiger partial charge in [0, 0.05) is 5.69 Å². The molecule has 0 unspecified atom stereocenters. The van der Waals surface area contributed by atoms with E-state index in [1.54, 1.807) is 6.07 Å². The van der Waals surface area contributed by atoms with Crippen molar-refractivity contribution >= 4 is 17.5 Å². The van der Waals surface area contributed by atoms with E-state index in [0.29, 0.717) is 5.69 Å². The molecule has 2 rings (SSSR count). The van der Waals surface area contributed by atoms with Gasteiger partial charge in [-0.05, 0) is 24.5 Å². The van der Waals surface area contributed by atoms with Crippen molar-refractivity contribution in [1.82, 2.24) is 15.2 Å². The van der Waals surface area contributed by atoms with Gasteiger partial charge >= 0.3 is 0 Å². The van der Waals surface area contributed by atoms with Crippen LogP contribution >= 0.6 is 0 Å². The smallest absolute Gasteiger partial charge is 0.249 e. The minimum Gasteiger partial charge on any atom is -0.398 e. The fourth-order valence-corrected chi connectivity index (χ4v) is 2.03. The van der Waals surface area contributed by atoms with E-state index in [4.69, 9.17) is 5.73 Å². The van der Waals surface area contributed by atoms with Gasteiger partial charge in [-0.1, -0.05) is 32.0 Å². The first kappa shape index (κ1) is 14.9. The highest BCUT2D eigenvalue weighted by Crippen LogP contribution is 2.12. The molecule has 6 heteroatoms. The number of carbonyl (C=O) groups is 1. The van der Waals surface area contributed by atoms with Gasteiger partial charge in [-0.15, -0.1) is 10.2 Å². The number of carbonyl (C=O) groups excluding carboxylic acids is 1. The summed E-state index contributed by atoms with van der Waals surface area (Å²) in [6.45, 7) is 4.00. The number of amides is 1. The Hall–Kier alpha value is -2.50. The number of para-hydroxylation sites is 1. The lowest BCUT2D eigenvalue weighted by molar-refractivity contribution is -0.115. The summed E-state index contributed by atoms with van der Waals surface area (Å²) >= 11 is 0. The average molecular weight is 285 g/mol. The number of rotatable bonds is 5. The highest BCUT2D eigenvalue weighted by Gasteiger charge is 2.10. The zero-order chi connectivity index (χ0) is 15.2. The van der Waals surface area contributed by atoms with Gasteiger partial charge in [0.1, 0.15) is 0 Å². The van der Waals surface area contributed by atoms with E-state index in [0.717, 1.165) is 29.8 Å². The number of benzene rings is 1. The van der Waals surface area contributed by atoms with Gasteiger partial charge in [0.2, 0.25) is 11.9 Å². The molecule has 0 atom stereocenters. The Morgan fingerprint density at radius 1 is 1.14 bits per heavy atom. The van der Waals surface area contributed by atoms with Crippen LogP contribution in [0.2, 0.25) is 0 Å². The van der Waals surface area contributed by atoms with Gasteiger partial charge in [0.05, 0.1) is 17.8 Å². The summed E-state index contributed by atoms with van der Waals surface area (Å²) in [5.41, 5.74) is 8.93. The monoisotopic (exact) mass is 285 g/mol. The summed E-state index contributed by atoms with van der Waals surface area (Å²) in [5.74, 6) is 0.0320. The maximum Gasteiger partial charge on any atom is 0.249 e. The van der Waals surface area contributed by atoms with Crippen molar-refractivity contribution < 1.29 is 4.79 Å². The largest absolute Gasteiger partial charge is 0.398 e. The molecule has 110 valence electrons. The van der Waals surface area contributed by atoms with Crippen molar-refractivity contribution in [3.63, 3.8) is 0 Å². The predicted octanol–water partition coefficient (Wildman–Crippen LogP) is 1.76. The van der Waals surface area contributed by atoms with Crippen LogP contribution in [0.5, 0.6) is 0 Å². The number of aryl methyl sites for hydroxylation is 2. The quantitative estimate of drug-likeness (QED) is 0.816. The SMILES string of the molecule is CCc1nnc(NC(=O)Cc2ccccc2N)nc1CC. The minimum atomic E-state index is -0.207. The fourth-order valence-electron chi connectivity index (χ4n) is 2.03. The molecule has 1 heterocycles. The normalized spacial score (nSPS) is 10.4. The van der Waals surface area contributed by atoms with Crippen LogP contribution in [-0.2, 0) is 24.1 Å². The Bertz CT molecular complexity index is 642. The van der Waals surface area contributed by atoms with Crippen molar-refractivity contribution in [2.24, 2.45) is 0 Å². The summed E-state index contributed by atoms with van der Waals surface area (Å²) < 4.78 is 0. The molecule has 1 aromatic carbocycles. The zero-order valence-electron chi connectivity index (χ0n) is 12.3. The minimum absolute atomic E-state index is 0.188. The van der Waals surface area contributed by atoms with Crippen molar-refractivity contribution in [2.45, 2.75) is 33.1 Å². The number of nitrogens with zero attached hydrogens (tertiary/aromatic N) is 3. The number of anilines is 2. The van der Waals surface area contributed by atoms with Gasteiger partial charge in [0.15, 0.2) is 0 Å². The number of nitrogens with one attached hydrogen (secondary N) is 1. The topological polar surface area (TPSA) is 93.8 Å². The first-order chi connectivity index (χ1) is 10.1. The molecule has 0 spiro atoms. The van der Waals surface area contributed by atoms with Gasteiger partial charge in [-0.3, -0.25) is 10.1 Å². The Morgan fingerprint density at radius 2 is 1.86 bits per heavy atom. The summed E-state index contributed by atoms with van der Waals surface area (Å²) in [4.78, 5) is 16.3. The summed E-state index contributed by atoms with van der Waals surface area (Å²) in [5, 5.41) is 10.7. The van der Waals surface area contributed by atoms with Crippen molar-refractivity contribution in [3.8, 4) is 0 Å². The first-order valence-electron chi connectivity index (χ1n) is 6.99. The van der Waals surface area contributed by atoms with E-state index in [9.17, 15) is 4.79 Å². The lowest BCUT2D eigenvalue weighted by Crippen LogP contribution is -2.18. The van der Waals surface area contributed by atoms with E-state index in [-0.39, 0.29) is 18.3 Å². The highest BCUT2D eigenvalue weighted by atomic mass is 16.1. The van der Waals surface area contributed by atoms with Crippen molar-refractivity contribution in [3.05, 3.63) is 41.2 Å². The van der Waals surface area contributed by atoms with Crippen LogP contribution in [0.15, 0.2) is 24.3 Å². The van der Waals surface area contributed by atoms with Crippen LogP contribution < -0.4 is 11.1 Å². The van der Waals surface area contributed by atoms with Crippen molar-refractivity contribution in [1.29, 1.82) is 0 Å². The second kappa shape index (κ2) is 6.78. The summed E-state index contributed by atoms with van der Waals surface area (Å²) in [6, 6.07) is 7.28. The Labute approximate surface area is 123 Å². The molecule has 3 N–H and O–H groups in total. The Kier molecular flexibility index (Phi) is 4.81. The third kappa shape index (κ3) is 3.75. The maximum absolute atomic E-state index is 12.0. The molecule has 0 saturated carbocycles. The molecule has 0 aliphatic carbocycles. The second-order valence-corrected chi connectivity index (χ2v) is 4.66. The van der Waals surface area contributed by atoms with Gasteiger partial charge in [-0.2, -0.15) is 0 Å². The second-order valence-electron chi connectivity index (χ2n) is 4.66. The van der Waals surface area contributed by atoms with Crippen LogP contribution in [0.25, 0.3) is 0 Å². The van der Waals surface area contributed by atoms with Crippen molar-refractivity contribution in [2.75, 3.05) is 11.1 Å². The van der Waals surface area contributed by atoms with E-state index >= 15 is 0 Å². The van der Waals surface area contributed by atoms with Crippen LogP contribution in [0, 0.1) is 0 Å². The number of hydrogen-bond acceptors (Lipinski definition) is 5. The molecular formula is C15H19N5O. The molecule has 0 aliphatic heterocycles. The number of aromatic nitrogens is 3. The molecule has 0 fully saturated rings. The summed E-state index contributed by atoms with van der Waals surface area (Å²) in [7, 11) is 0. The molecule has 6 nitrogen and oxygen atoms in total. The summed E-state index contributed by atoms with van der Waals surface area (Å²) in [6.07, 6.45) is 1.72. The number of hydrogen-bond donors (Lipinski definition) is 2. The molecular weight excluding hydrogens is 266 g/mol. The first-order valence-corrected chi connectivity index (χ1v) is 6.99. The van der Waals surface area contributed by atoms with Crippen LogP contribution in [0.4, 0.5) is 11.6 Å². The standard InChI is InChI=1S/C15H19N5O/c1-3-12-13(4-2)19-20-15(17-12)18-14(21)9-10-7-5-6-8-11(10)16/h5-8H,3-4,9,16H2,1-2H3,(H,17,18,20,21). The molecule has 0 bridgehead atoms. The van der Waals surface area contributed by atoms with E-state index < -0.39 is 0 Å². The Balaban J connectivity index is 2.08. The third-order valence-electron chi connectivity index (χ3n) is 3.17. The Morgan fingerprint density at radius 3 is 2.52 bits per heavy atom. The van der Waals surface area contributed by atoms with E-state index in [2.05, 4.69) is 20.5 Å². The number of nitrogens with two attached hydrogens (primary N) is 1. The molecule has 1 aromatic heterocycles. The highest BCUT2D eigenvalue weighted by molar-refractivity contribution is 5.91. The molecule has 0 aliphatic rings. The van der Waals surface area contributed by atoms with Gasteiger partial charge < -0.3 is 5.73 Å². The van der Waals surface area contributed by atoms with E-state index in [1.807, 2.05) is 32.0 Å². The predicted molar refractivity (Wildman–Crippen MR) is 81.8 cm³/mol. The van der Waals surface area contributed by atoms with Gasteiger partial charge in [-0.25, -0.2) is 4.98 Å². The van der Waals surface area contributed by atoms with E-state index in [1.165, 1.54) is 0 Å². The lowest BCUT2D eigenvalue weighted by Gasteiger charge is -2.08. The average Bonchev–Trinajstić information content (AvgIpc) is 2.49. The zero-order valence-corrected chi connectivity index (χ0v) is 12.3. The van der Waals surface area contributed by atoms with Gasteiger partial charge in [0.25, 0.3) is 0 Å². The van der Waals surface area contributed by atoms with Crippen LogP contribution in [-0.4, -0.2) is 21.1 Å². The molecule has 0 radical (unpaired) electrons. The molecule has 21 heavy (non-hydrogen) atoms. The molecule has 2 aromatic rings. The fraction of sp³-hybridized carbons (Fsp3) is 0.333. The van der Waals surface area contributed by atoms with Crippen LogP contribution in [0.3, 0.4) is 0 Å². The third-order valence-corrected chi connectivity index (χ3v) is 3.17. The molecule has 0 saturated heterocycles. The number of nitrogen functional groups attached to an aromatic ring is 1.